The molecule has 0 amide bonds. The molecule has 0 spiro atoms. The highest BCUT2D eigenvalue weighted by atomic mass is 15.5. The van der Waals surface area contributed by atoms with Crippen molar-refractivity contribution in [2.45, 2.75) is 19.0 Å². The number of hydrogen-bond acceptors (Lipinski definition) is 4. The first kappa shape index (κ1) is 7.87. The van der Waals surface area contributed by atoms with Gasteiger partial charge in [0.05, 0.1) is 0 Å². The Morgan fingerprint density at radius 1 is 1.50 bits per heavy atom. The van der Waals surface area contributed by atoms with Crippen LogP contribution in [-0.4, -0.2) is 26.5 Å². The predicted octanol–water partition coefficient (Wildman–Crippen LogP) is 0.708. The molecule has 72 valence electrons. The van der Waals surface area contributed by atoms with E-state index in [0.29, 0.717) is 0 Å². The lowest BCUT2D eigenvalue weighted by Gasteiger charge is -2.09. The molecule has 2 aromatic heterocycles. The summed E-state index contributed by atoms with van der Waals surface area (Å²) in [5, 5.41) is 11.6. The van der Waals surface area contributed by atoms with Crippen LogP contribution in [0.15, 0.2) is 18.3 Å². The van der Waals surface area contributed by atoms with Gasteiger partial charge in [-0.2, -0.15) is 0 Å². The van der Waals surface area contributed by atoms with Crippen LogP contribution in [0.3, 0.4) is 0 Å². The fraction of sp³-hybridized carbons (Fsp3) is 0.444. The van der Waals surface area contributed by atoms with Crippen molar-refractivity contribution in [3.63, 3.8) is 0 Å². The summed E-state index contributed by atoms with van der Waals surface area (Å²) in [4.78, 5) is 4.28. The topological polar surface area (TPSA) is 55.6 Å². The van der Waals surface area contributed by atoms with Crippen LogP contribution in [0.5, 0.6) is 0 Å². The van der Waals surface area contributed by atoms with Crippen molar-refractivity contribution in [2.24, 2.45) is 0 Å². The van der Waals surface area contributed by atoms with Gasteiger partial charge in [-0.25, -0.2) is 9.67 Å². The van der Waals surface area contributed by atoms with Crippen molar-refractivity contribution >= 4 is 11.2 Å². The standard InChI is InChI=1S/C9H11N5/c1-3-7-9(11-6-1)14(13-12-7)8-4-2-5-10-8/h1,3,6,8,10H,2,4-5H2. The minimum absolute atomic E-state index is 0.273. The Hall–Kier alpha value is -1.49. The van der Waals surface area contributed by atoms with Gasteiger partial charge in [-0.1, -0.05) is 5.21 Å². The van der Waals surface area contributed by atoms with E-state index in [2.05, 4.69) is 20.6 Å². The van der Waals surface area contributed by atoms with Gasteiger partial charge in [0.15, 0.2) is 5.65 Å². The summed E-state index contributed by atoms with van der Waals surface area (Å²) in [6.07, 6.45) is 4.35. The Kier molecular flexibility index (Phi) is 1.70. The minimum atomic E-state index is 0.273. The number of rotatable bonds is 1. The molecule has 3 rings (SSSR count). The van der Waals surface area contributed by atoms with Gasteiger partial charge in [-0.3, -0.25) is 5.32 Å². The zero-order valence-corrected chi connectivity index (χ0v) is 7.72. The van der Waals surface area contributed by atoms with Crippen LogP contribution in [-0.2, 0) is 0 Å². The van der Waals surface area contributed by atoms with Gasteiger partial charge in [-0.15, -0.1) is 5.10 Å². The van der Waals surface area contributed by atoms with Crippen LogP contribution in [0, 0.1) is 0 Å². The summed E-state index contributed by atoms with van der Waals surface area (Å²) in [6, 6.07) is 3.81. The molecule has 1 aliphatic heterocycles. The maximum Gasteiger partial charge on any atom is 0.180 e. The number of nitrogens with zero attached hydrogens (tertiary/aromatic N) is 4. The second kappa shape index (κ2) is 3.02. The molecular weight excluding hydrogens is 178 g/mol. The average molecular weight is 189 g/mol. The van der Waals surface area contributed by atoms with Crippen molar-refractivity contribution in [1.82, 2.24) is 25.3 Å². The first-order valence-electron chi connectivity index (χ1n) is 4.84. The van der Waals surface area contributed by atoms with E-state index in [-0.39, 0.29) is 6.17 Å². The Morgan fingerprint density at radius 3 is 3.36 bits per heavy atom. The van der Waals surface area contributed by atoms with Gasteiger partial charge in [0.25, 0.3) is 0 Å². The van der Waals surface area contributed by atoms with Gasteiger partial charge >= 0.3 is 0 Å². The predicted molar refractivity (Wildman–Crippen MR) is 51.6 cm³/mol. The molecule has 1 fully saturated rings. The molecule has 1 atom stereocenters. The summed E-state index contributed by atoms with van der Waals surface area (Å²) < 4.78 is 1.88. The molecule has 1 N–H and O–H groups in total. The third kappa shape index (κ3) is 1.09. The van der Waals surface area contributed by atoms with Crippen LogP contribution in [0.2, 0.25) is 0 Å². The lowest BCUT2D eigenvalue weighted by Crippen LogP contribution is -2.21. The monoisotopic (exact) mass is 189 g/mol. The van der Waals surface area contributed by atoms with Gasteiger partial charge < -0.3 is 0 Å². The van der Waals surface area contributed by atoms with Crippen molar-refractivity contribution < 1.29 is 0 Å². The van der Waals surface area contributed by atoms with Crippen molar-refractivity contribution in [1.29, 1.82) is 0 Å². The van der Waals surface area contributed by atoms with E-state index in [0.717, 1.165) is 24.1 Å². The molecule has 0 aromatic carbocycles. The zero-order valence-electron chi connectivity index (χ0n) is 7.72. The number of hydrogen-bond donors (Lipinski definition) is 1. The third-order valence-corrected chi connectivity index (χ3v) is 2.56. The highest BCUT2D eigenvalue weighted by Gasteiger charge is 2.19. The average Bonchev–Trinajstić information content (AvgIpc) is 2.85. The summed E-state index contributed by atoms with van der Waals surface area (Å²) in [7, 11) is 0. The van der Waals surface area contributed by atoms with Crippen LogP contribution >= 0.6 is 0 Å². The molecule has 1 unspecified atom stereocenters. The lowest BCUT2D eigenvalue weighted by molar-refractivity contribution is 0.424. The Bertz CT molecular complexity index is 443. The van der Waals surface area contributed by atoms with E-state index in [9.17, 15) is 0 Å². The molecule has 14 heavy (non-hydrogen) atoms. The van der Waals surface area contributed by atoms with E-state index in [1.807, 2.05) is 16.8 Å². The highest BCUT2D eigenvalue weighted by Crippen LogP contribution is 2.18. The number of pyridine rings is 1. The minimum Gasteiger partial charge on any atom is -0.296 e. The summed E-state index contributed by atoms with van der Waals surface area (Å²) in [6.45, 7) is 1.05. The van der Waals surface area contributed by atoms with E-state index < -0.39 is 0 Å². The molecule has 2 aromatic rings. The second-order valence-electron chi connectivity index (χ2n) is 3.49. The molecule has 1 saturated heterocycles. The Balaban J connectivity index is 2.11. The first-order valence-corrected chi connectivity index (χ1v) is 4.84. The Morgan fingerprint density at radius 2 is 2.50 bits per heavy atom. The molecule has 1 aliphatic rings. The molecule has 5 heteroatoms. The smallest absolute Gasteiger partial charge is 0.180 e. The summed E-state index contributed by atoms with van der Waals surface area (Å²) in [5.74, 6) is 0. The largest absolute Gasteiger partial charge is 0.296 e. The van der Waals surface area contributed by atoms with E-state index in [1.165, 1.54) is 6.42 Å². The number of nitrogens with one attached hydrogen (secondary N) is 1. The molecule has 3 heterocycles. The van der Waals surface area contributed by atoms with E-state index in [4.69, 9.17) is 0 Å². The summed E-state index contributed by atoms with van der Waals surface area (Å²) in [5.41, 5.74) is 1.73. The molecule has 0 bridgehead atoms. The van der Waals surface area contributed by atoms with Crippen LogP contribution in [0.25, 0.3) is 11.2 Å². The van der Waals surface area contributed by atoms with Crippen molar-refractivity contribution in [2.75, 3.05) is 6.54 Å². The maximum atomic E-state index is 4.28. The SMILES string of the molecule is c1cnc2c(c1)nnn2C1CCCN1. The fourth-order valence-electron chi connectivity index (χ4n) is 1.87. The summed E-state index contributed by atoms with van der Waals surface area (Å²) >= 11 is 0. The number of aromatic nitrogens is 4. The fourth-order valence-corrected chi connectivity index (χ4v) is 1.87. The molecule has 0 saturated carbocycles. The van der Waals surface area contributed by atoms with Crippen LogP contribution in [0.1, 0.15) is 19.0 Å². The number of fused-ring (bicyclic) bond motifs is 1. The normalized spacial score (nSPS) is 21.9. The van der Waals surface area contributed by atoms with Gasteiger partial charge in [0, 0.05) is 6.20 Å². The molecule has 5 nitrogen and oxygen atoms in total. The van der Waals surface area contributed by atoms with Gasteiger partial charge in [0.1, 0.15) is 11.7 Å². The third-order valence-electron chi connectivity index (χ3n) is 2.56. The molecular formula is C9H11N5. The lowest BCUT2D eigenvalue weighted by atomic mass is 10.3. The van der Waals surface area contributed by atoms with Crippen molar-refractivity contribution in [3.05, 3.63) is 18.3 Å². The quantitative estimate of drug-likeness (QED) is 0.717. The van der Waals surface area contributed by atoms with Gasteiger partial charge in [0.2, 0.25) is 0 Å². The Labute approximate surface area is 81.1 Å². The first-order chi connectivity index (χ1) is 6.95. The molecule has 0 radical (unpaired) electrons. The molecule has 0 aliphatic carbocycles. The van der Waals surface area contributed by atoms with Gasteiger partial charge in [-0.05, 0) is 31.5 Å². The van der Waals surface area contributed by atoms with Crippen LogP contribution < -0.4 is 5.32 Å². The maximum absolute atomic E-state index is 4.28. The van der Waals surface area contributed by atoms with Crippen LogP contribution in [0.4, 0.5) is 0 Å². The second-order valence-corrected chi connectivity index (χ2v) is 3.49. The van der Waals surface area contributed by atoms with E-state index in [1.54, 1.807) is 6.20 Å². The van der Waals surface area contributed by atoms with E-state index >= 15 is 0 Å². The highest BCUT2D eigenvalue weighted by molar-refractivity contribution is 5.68. The zero-order chi connectivity index (χ0) is 9.38. The van der Waals surface area contributed by atoms with Crippen molar-refractivity contribution in [3.8, 4) is 0 Å².